The number of hydrogen-bond acceptors (Lipinski definition) is 2. The molecule has 1 nitrogen and oxygen atoms in total. The van der Waals surface area contributed by atoms with E-state index in [2.05, 4.69) is 31.9 Å². The first-order chi connectivity index (χ1) is 10.0. The van der Waals surface area contributed by atoms with Crippen LogP contribution in [0.15, 0.2) is 51.4 Å². The van der Waals surface area contributed by atoms with Gasteiger partial charge in [0.05, 0.1) is 5.69 Å². The maximum Gasteiger partial charge on any atom is 0.125 e. The van der Waals surface area contributed by atoms with Crippen LogP contribution >= 0.6 is 43.2 Å². The summed E-state index contributed by atoms with van der Waals surface area (Å²) >= 11 is 8.50. The lowest BCUT2D eigenvalue weighted by atomic mass is 10.1. The Morgan fingerprint density at radius 3 is 2.67 bits per heavy atom. The molecule has 0 radical (unpaired) electrons. The van der Waals surface area contributed by atoms with Gasteiger partial charge in [-0.1, -0.05) is 44.0 Å². The van der Waals surface area contributed by atoms with Gasteiger partial charge in [0.15, 0.2) is 0 Å². The van der Waals surface area contributed by atoms with Crippen LogP contribution in [-0.2, 0) is 0 Å². The molecule has 21 heavy (non-hydrogen) atoms. The lowest BCUT2D eigenvalue weighted by molar-refractivity contribution is 0.628. The highest BCUT2D eigenvalue weighted by atomic mass is 79.9. The van der Waals surface area contributed by atoms with E-state index in [1.807, 2.05) is 31.2 Å². The molecule has 3 rings (SSSR count). The van der Waals surface area contributed by atoms with Gasteiger partial charge in [-0.15, -0.1) is 11.3 Å². The first-order valence-corrected chi connectivity index (χ1v) is 8.63. The van der Waals surface area contributed by atoms with E-state index in [1.54, 1.807) is 17.4 Å². The van der Waals surface area contributed by atoms with Crippen molar-refractivity contribution in [3.63, 3.8) is 0 Å². The quantitative estimate of drug-likeness (QED) is 0.458. The molecule has 0 N–H and O–H groups in total. The van der Waals surface area contributed by atoms with E-state index in [4.69, 9.17) is 4.98 Å². The number of halogens is 3. The highest BCUT2D eigenvalue weighted by Gasteiger charge is 2.14. The molecule has 0 saturated carbocycles. The molecule has 2 aromatic carbocycles. The summed E-state index contributed by atoms with van der Waals surface area (Å²) in [7, 11) is 0. The molecule has 1 aromatic heterocycles. The summed E-state index contributed by atoms with van der Waals surface area (Å²) in [5.41, 5.74) is 2.77. The molecule has 0 aliphatic heterocycles. The van der Waals surface area contributed by atoms with Crippen molar-refractivity contribution in [3.8, 4) is 21.8 Å². The van der Waals surface area contributed by atoms with Crippen LogP contribution in [0, 0.1) is 12.7 Å². The van der Waals surface area contributed by atoms with E-state index in [0.717, 1.165) is 35.7 Å². The largest absolute Gasteiger partial charge is 0.236 e. The number of rotatable bonds is 2. The Bertz CT molecular complexity index is 814. The molecule has 0 fully saturated rings. The third kappa shape index (κ3) is 3.10. The molecule has 106 valence electrons. The monoisotopic (exact) mass is 425 g/mol. The maximum atomic E-state index is 13.5. The van der Waals surface area contributed by atoms with Gasteiger partial charge in [0.25, 0.3) is 0 Å². The number of benzene rings is 2. The smallest absolute Gasteiger partial charge is 0.125 e. The molecule has 0 spiro atoms. The van der Waals surface area contributed by atoms with Crippen molar-refractivity contribution in [2.75, 3.05) is 0 Å². The average molecular weight is 427 g/mol. The highest BCUT2D eigenvalue weighted by Crippen LogP contribution is 2.37. The van der Waals surface area contributed by atoms with Gasteiger partial charge in [-0.2, -0.15) is 0 Å². The standard InChI is InChI=1S/C16H10Br2FNS/c1-9-15(10-3-2-4-11(17)7-10)20-16(21-9)13-8-12(19)5-6-14(13)18/h2-8H,1H3. The van der Waals surface area contributed by atoms with Gasteiger partial charge < -0.3 is 0 Å². The summed E-state index contributed by atoms with van der Waals surface area (Å²) in [5.74, 6) is -0.259. The van der Waals surface area contributed by atoms with Crippen LogP contribution in [0.4, 0.5) is 4.39 Å². The molecule has 0 saturated heterocycles. The average Bonchev–Trinajstić information content (AvgIpc) is 2.83. The molecule has 0 aliphatic rings. The lowest BCUT2D eigenvalue weighted by Crippen LogP contribution is -1.83. The number of thiazole rings is 1. The van der Waals surface area contributed by atoms with Gasteiger partial charge in [-0.25, -0.2) is 9.37 Å². The second kappa shape index (κ2) is 5.99. The van der Waals surface area contributed by atoms with Crippen molar-refractivity contribution in [1.82, 2.24) is 4.98 Å². The minimum atomic E-state index is -0.259. The van der Waals surface area contributed by atoms with Crippen LogP contribution in [0.2, 0.25) is 0 Å². The first-order valence-electron chi connectivity index (χ1n) is 6.23. The summed E-state index contributed by atoms with van der Waals surface area (Å²) in [6, 6.07) is 12.7. The third-order valence-corrected chi connectivity index (χ3v) is 5.24. The minimum absolute atomic E-state index is 0.259. The Balaban J connectivity index is 2.12. The van der Waals surface area contributed by atoms with E-state index in [9.17, 15) is 4.39 Å². The highest BCUT2D eigenvalue weighted by molar-refractivity contribution is 9.10. The summed E-state index contributed by atoms with van der Waals surface area (Å²) in [6.07, 6.45) is 0. The molecule has 3 aromatic rings. The van der Waals surface area contributed by atoms with Crippen molar-refractivity contribution in [2.24, 2.45) is 0 Å². The van der Waals surface area contributed by atoms with Gasteiger partial charge in [0.1, 0.15) is 10.8 Å². The molecule has 0 atom stereocenters. The molecule has 0 bridgehead atoms. The third-order valence-electron chi connectivity index (χ3n) is 3.05. The Morgan fingerprint density at radius 1 is 1.10 bits per heavy atom. The normalized spacial score (nSPS) is 10.9. The Labute approximate surface area is 143 Å². The first kappa shape index (κ1) is 14.9. The summed E-state index contributed by atoms with van der Waals surface area (Å²) in [6.45, 7) is 2.03. The van der Waals surface area contributed by atoms with Crippen molar-refractivity contribution < 1.29 is 4.39 Å². The Morgan fingerprint density at radius 2 is 1.90 bits per heavy atom. The molecule has 0 amide bonds. The van der Waals surface area contributed by atoms with E-state index < -0.39 is 0 Å². The predicted molar refractivity (Wildman–Crippen MR) is 93.1 cm³/mol. The molecule has 1 heterocycles. The fourth-order valence-corrected chi connectivity index (χ4v) is 4.01. The fourth-order valence-electron chi connectivity index (χ4n) is 2.08. The van der Waals surface area contributed by atoms with E-state index in [-0.39, 0.29) is 5.82 Å². The fraction of sp³-hybridized carbons (Fsp3) is 0.0625. The van der Waals surface area contributed by atoms with Crippen molar-refractivity contribution in [3.05, 3.63) is 62.1 Å². The number of nitrogens with zero attached hydrogens (tertiary/aromatic N) is 1. The molecular formula is C16H10Br2FNS. The molecule has 0 unspecified atom stereocenters. The zero-order valence-electron chi connectivity index (χ0n) is 11.0. The summed E-state index contributed by atoms with van der Waals surface area (Å²) in [5, 5.41) is 0.814. The zero-order valence-corrected chi connectivity index (χ0v) is 15.0. The van der Waals surface area contributed by atoms with Crippen LogP contribution in [0.3, 0.4) is 0 Å². The van der Waals surface area contributed by atoms with Crippen LogP contribution in [0.1, 0.15) is 4.88 Å². The van der Waals surface area contributed by atoms with Crippen molar-refractivity contribution in [1.29, 1.82) is 0 Å². The second-order valence-electron chi connectivity index (χ2n) is 4.56. The summed E-state index contributed by atoms with van der Waals surface area (Å²) < 4.78 is 15.3. The van der Waals surface area contributed by atoms with Gasteiger partial charge in [-0.05, 0) is 37.3 Å². The van der Waals surface area contributed by atoms with Gasteiger partial charge >= 0.3 is 0 Å². The predicted octanol–water partition coefficient (Wildman–Crippen LogP) is 6.45. The van der Waals surface area contributed by atoms with Crippen molar-refractivity contribution in [2.45, 2.75) is 6.92 Å². The lowest BCUT2D eigenvalue weighted by Gasteiger charge is -2.01. The molecule has 0 aliphatic carbocycles. The van der Waals surface area contributed by atoms with Crippen LogP contribution < -0.4 is 0 Å². The van der Waals surface area contributed by atoms with E-state index in [1.165, 1.54) is 12.1 Å². The van der Waals surface area contributed by atoms with Crippen LogP contribution in [0.5, 0.6) is 0 Å². The Hall–Kier alpha value is -1.04. The summed E-state index contributed by atoms with van der Waals surface area (Å²) in [4.78, 5) is 5.80. The number of aromatic nitrogens is 1. The minimum Gasteiger partial charge on any atom is -0.236 e. The topological polar surface area (TPSA) is 12.9 Å². The number of hydrogen-bond donors (Lipinski definition) is 0. The van der Waals surface area contributed by atoms with Gasteiger partial charge in [-0.3, -0.25) is 0 Å². The zero-order chi connectivity index (χ0) is 15.0. The van der Waals surface area contributed by atoms with Crippen LogP contribution in [-0.4, -0.2) is 4.98 Å². The Kier molecular flexibility index (Phi) is 4.24. The maximum absolute atomic E-state index is 13.5. The molecular weight excluding hydrogens is 417 g/mol. The van der Waals surface area contributed by atoms with E-state index >= 15 is 0 Å². The SMILES string of the molecule is Cc1sc(-c2cc(F)ccc2Br)nc1-c1cccc(Br)c1. The molecule has 5 heteroatoms. The van der Waals surface area contributed by atoms with Crippen LogP contribution in [0.25, 0.3) is 21.8 Å². The number of aryl methyl sites for hydroxylation is 1. The van der Waals surface area contributed by atoms with Gasteiger partial charge in [0, 0.05) is 24.9 Å². The van der Waals surface area contributed by atoms with Gasteiger partial charge in [0.2, 0.25) is 0 Å². The van der Waals surface area contributed by atoms with E-state index in [0.29, 0.717) is 0 Å². The second-order valence-corrected chi connectivity index (χ2v) is 7.53. The van der Waals surface area contributed by atoms with Crippen molar-refractivity contribution >= 4 is 43.2 Å².